The smallest absolute Gasteiger partial charge is 0.220 e. The van der Waals surface area contributed by atoms with Gasteiger partial charge in [-0.25, -0.2) is 0 Å². The quantitative estimate of drug-likeness (QED) is 0.732. The van der Waals surface area contributed by atoms with Crippen molar-refractivity contribution in [2.45, 2.75) is 33.1 Å². The molecule has 16 heavy (non-hydrogen) atoms. The Balaban J connectivity index is 2.10. The second-order valence-electron chi connectivity index (χ2n) is 4.54. The van der Waals surface area contributed by atoms with Crippen molar-refractivity contribution in [1.29, 1.82) is 0 Å². The summed E-state index contributed by atoms with van der Waals surface area (Å²) < 4.78 is 0. The van der Waals surface area contributed by atoms with Crippen LogP contribution in [-0.4, -0.2) is 12.5 Å². The van der Waals surface area contributed by atoms with Gasteiger partial charge in [0.05, 0.1) is 0 Å². The van der Waals surface area contributed by atoms with Crippen molar-refractivity contribution in [3.8, 4) is 0 Å². The van der Waals surface area contributed by atoms with Crippen LogP contribution in [0.25, 0.3) is 0 Å². The molecule has 0 aliphatic rings. The van der Waals surface area contributed by atoms with Crippen LogP contribution in [-0.2, 0) is 11.2 Å². The molecule has 2 heteroatoms. The molecule has 0 atom stereocenters. The van der Waals surface area contributed by atoms with Gasteiger partial charge in [0.15, 0.2) is 0 Å². The molecule has 1 N–H and O–H groups in total. The van der Waals surface area contributed by atoms with Gasteiger partial charge in [-0.2, -0.15) is 0 Å². The van der Waals surface area contributed by atoms with Gasteiger partial charge in [-0.1, -0.05) is 44.2 Å². The van der Waals surface area contributed by atoms with Crippen molar-refractivity contribution in [1.82, 2.24) is 5.32 Å². The zero-order chi connectivity index (χ0) is 11.8. The molecule has 0 saturated heterocycles. The number of nitrogens with one attached hydrogen (secondary N) is 1. The Hall–Kier alpha value is -1.31. The lowest BCUT2D eigenvalue weighted by Gasteiger charge is -2.06. The van der Waals surface area contributed by atoms with E-state index in [2.05, 4.69) is 31.3 Å². The minimum absolute atomic E-state index is 0.170. The van der Waals surface area contributed by atoms with E-state index < -0.39 is 0 Å². The van der Waals surface area contributed by atoms with E-state index in [1.807, 2.05) is 18.2 Å². The summed E-state index contributed by atoms with van der Waals surface area (Å²) in [6, 6.07) is 10.4. The molecule has 1 aromatic rings. The number of hydrogen-bond donors (Lipinski definition) is 1. The predicted molar refractivity (Wildman–Crippen MR) is 67.2 cm³/mol. The van der Waals surface area contributed by atoms with Crippen LogP contribution in [0.1, 0.15) is 32.3 Å². The van der Waals surface area contributed by atoms with Crippen LogP contribution in [0.15, 0.2) is 30.3 Å². The van der Waals surface area contributed by atoms with E-state index in [1.165, 1.54) is 5.56 Å². The maximum atomic E-state index is 11.4. The van der Waals surface area contributed by atoms with Gasteiger partial charge in [0.2, 0.25) is 5.91 Å². The lowest BCUT2D eigenvalue weighted by atomic mass is 10.1. The van der Waals surface area contributed by atoms with Crippen LogP contribution in [0.3, 0.4) is 0 Å². The van der Waals surface area contributed by atoms with Gasteiger partial charge in [-0.3, -0.25) is 4.79 Å². The molecule has 0 aromatic heterocycles. The van der Waals surface area contributed by atoms with Gasteiger partial charge in [0.25, 0.3) is 0 Å². The number of carbonyl (C=O) groups is 1. The number of carbonyl (C=O) groups excluding carboxylic acids is 1. The molecule has 0 aliphatic heterocycles. The van der Waals surface area contributed by atoms with Crippen LogP contribution in [0.5, 0.6) is 0 Å². The number of benzene rings is 1. The fourth-order valence-electron chi connectivity index (χ4n) is 1.61. The molecule has 0 bridgehead atoms. The third-order valence-electron chi connectivity index (χ3n) is 2.40. The number of rotatable bonds is 6. The van der Waals surface area contributed by atoms with E-state index in [4.69, 9.17) is 0 Å². The van der Waals surface area contributed by atoms with E-state index in [-0.39, 0.29) is 5.91 Å². The summed E-state index contributed by atoms with van der Waals surface area (Å²) in [4.78, 5) is 11.4. The lowest BCUT2D eigenvalue weighted by molar-refractivity contribution is -0.121. The highest BCUT2D eigenvalue weighted by molar-refractivity contribution is 5.75. The summed E-state index contributed by atoms with van der Waals surface area (Å²) in [5.74, 6) is 0.609. The molecule has 0 heterocycles. The zero-order valence-electron chi connectivity index (χ0n) is 10.2. The van der Waals surface area contributed by atoms with Crippen LogP contribution in [0, 0.1) is 5.92 Å². The van der Waals surface area contributed by atoms with Crippen molar-refractivity contribution >= 4 is 5.91 Å². The summed E-state index contributed by atoms with van der Waals surface area (Å²) in [5.41, 5.74) is 1.33. The average molecular weight is 219 g/mol. The van der Waals surface area contributed by atoms with E-state index >= 15 is 0 Å². The minimum atomic E-state index is 0.170. The molecule has 2 nitrogen and oxygen atoms in total. The monoisotopic (exact) mass is 219 g/mol. The third-order valence-corrected chi connectivity index (χ3v) is 2.40. The average Bonchev–Trinajstić information content (AvgIpc) is 2.25. The van der Waals surface area contributed by atoms with E-state index in [1.54, 1.807) is 0 Å². The van der Waals surface area contributed by atoms with Crippen LogP contribution >= 0.6 is 0 Å². The Morgan fingerprint density at radius 3 is 2.56 bits per heavy atom. The molecule has 1 amide bonds. The molecule has 1 rings (SSSR count). The van der Waals surface area contributed by atoms with Crippen molar-refractivity contribution in [2.24, 2.45) is 5.92 Å². The summed E-state index contributed by atoms with van der Waals surface area (Å²) in [6.07, 6.45) is 2.67. The first-order chi connectivity index (χ1) is 7.68. The number of aryl methyl sites for hydroxylation is 1. The third kappa shape index (κ3) is 5.54. The van der Waals surface area contributed by atoms with Gasteiger partial charge in [-0.05, 0) is 24.3 Å². The topological polar surface area (TPSA) is 29.1 Å². The van der Waals surface area contributed by atoms with Crippen molar-refractivity contribution in [3.05, 3.63) is 35.9 Å². The fraction of sp³-hybridized carbons (Fsp3) is 0.500. The molecule has 0 saturated carbocycles. The van der Waals surface area contributed by atoms with Crippen molar-refractivity contribution in [2.75, 3.05) is 6.54 Å². The molecule has 1 aromatic carbocycles. The lowest BCUT2D eigenvalue weighted by Crippen LogP contribution is -2.25. The maximum absolute atomic E-state index is 11.4. The van der Waals surface area contributed by atoms with Crippen LogP contribution in [0.4, 0.5) is 0 Å². The highest BCUT2D eigenvalue weighted by Crippen LogP contribution is 2.02. The molecule has 88 valence electrons. The second-order valence-corrected chi connectivity index (χ2v) is 4.54. The van der Waals surface area contributed by atoms with Gasteiger partial charge >= 0.3 is 0 Å². The largest absolute Gasteiger partial charge is 0.356 e. The van der Waals surface area contributed by atoms with Crippen LogP contribution < -0.4 is 5.32 Å². The van der Waals surface area contributed by atoms with Crippen molar-refractivity contribution in [3.63, 3.8) is 0 Å². The van der Waals surface area contributed by atoms with Gasteiger partial charge in [0.1, 0.15) is 0 Å². The Morgan fingerprint density at radius 1 is 1.25 bits per heavy atom. The summed E-state index contributed by atoms with van der Waals surface area (Å²) in [5, 5.41) is 2.95. The summed E-state index contributed by atoms with van der Waals surface area (Å²) in [7, 11) is 0. The fourth-order valence-corrected chi connectivity index (χ4v) is 1.61. The normalized spacial score (nSPS) is 10.4. The Labute approximate surface area is 98.1 Å². The molecule has 0 fully saturated rings. The molecule has 0 radical (unpaired) electrons. The van der Waals surface area contributed by atoms with Gasteiger partial charge in [0, 0.05) is 13.0 Å². The minimum Gasteiger partial charge on any atom is -0.356 e. The summed E-state index contributed by atoms with van der Waals surface area (Å²) in [6.45, 7) is 4.90. The molecule has 0 aliphatic carbocycles. The summed E-state index contributed by atoms with van der Waals surface area (Å²) >= 11 is 0. The number of hydrogen-bond acceptors (Lipinski definition) is 1. The number of amides is 1. The van der Waals surface area contributed by atoms with E-state index in [0.29, 0.717) is 12.3 Å². The van der Waals surface area contributed by atoms with Gasteiger partial charge in [-0.15, -0.1) is 0 Å². The SMILES string of the molecule is CC(C)CC(=O)NCCCc1ccccc1. The molecule has 0 unspecified atom stereocenters. The first-order valence-electron chi connectivity index (χ1n) is 5.99. The first kappa shape index (κ1) is 12.8. The van der Waals surface area contributed by atoms with Crippen LogP contribution in [0.2, 0.25) is 0 Å². The first-order valence-corrected chi connectivity index (χ1v) is 5.99. The Bertz CT molecular complexity index is 306. The standard InChI is InChI=1S/C14H21NO/c1-12(2)11-14(16)15-10-6-9-13-7-4-3-5-8-13/h3-5,7-8,12H,6,9-11H2,1-2H3,(H,15,16). The molecule has 0 spiro atoms. The van der Waals surface area contributed by atoms with Crippen molar-refractivity contribution < 1.29 is 4.79 Å². The predicted octanol–water partition coefficient (Wildman–Crippen LogP) is 2.78. The Kier molecular flexibility index (Phi) is 5.62. The zero-order valence-corrected chi connectivity index (χ0v) is 10.2. The van der Waals surface area contributed by atoms with E-state index in [9.17, 15) is 4.79 Å². The Morgan fingerprint density at radius 2 is 1.94 bits per heavy atom. The van der Waals surface area contributed by atoms with E-state index in [0.717, 1.165) is 19.4 Å². The molecular weight excluding hydrogens is 198 g/mol. The highest BCUT2D eigenvalue weighted by atomic mass is 16.1. The maximum Gasteiger partial charge on any atom is 0.220 e. The highest BCUT2D eigenvalue weighted by Gasteiger charge is 2.03. The van der Waals surface area contributed by atoms with Gasteiger partial charge < -0.3 is 5.32 Å². The molecular formula is C14H21NO. The second kappa shape index (κ2) is 7.04.